The zero-order chi connectivity index (χ0) is 9.84. The third-order valence-electron chi connectivity index (χ3n) is 1.72. The summed E-state index contributed by atoms with van der Waals surface area (Å²) in [5.41, 5.74) is 6.44. The molecular weight excluding hydrogens is 209 g/mol. The van der Waals surface area contributed by atoms with E-state index in [4.69, 9.17) is 34.0 Å². The van der Waals surface area contributed by atoms with Crippen LogP contribution in [0.2, 0.25) is 10.0 Å². The smallest absolute Gasteiger partial charge is 0.0585 e. The Morgan fingerprint density at radius 3 is 2.69 bits per heavy atom. The van der Waals surface area contributed by atoms with E-state index < -0.39 is 0 Å². The molecule has 1 aromatic carbocycles. The Morgan fingerprint density at radius 1 is 1.38 bits per heavy atom. The molecule has 13 heavy (non-hydrogen) atoms. The van der Waals surface area contributed by atoms with E-state index >= 15 is 0 Å². The molecule has 0 saturated heterocycles. The zero-order valence-corrected chi connectivity index (χ0v) is 8.52. The summed E-state index contributed by atoms with van der Waals surface area (Å²) < 4.78 is 0. The normalized spacial score (nSPS) is 12.9. The first-order chi connectivity index (χ1) is 6.13. The second-order valence-electron chi connectivity index (χ2n) is 2.88. The second-order valence-corrected chi connectivity index (χ2v) is 3.73. The SMILES string of the molecule is N[C@@H](CO)Cc1cc(Cl)ccc1Cl. The lowest BCUT2D eigenvalue weighted by Gasteiger charge is -2.09. The summed E-state index contributed by atoms with van der Waals surface area (Å²) in [4.78, 5) is 0. The average molecular weight is 220 g/mol. The molecule has 0 aromatic heterocycles. The Balaban J connectivity index is 2.81. The predicted octanol–water partition coefficient (Wildman–Crippen LogP) is 1.86. The topological polar surface area (TPSA) is 46.2 Å². The van der Waals surface area contributed by atoms with Gasteiger partial charge >= 0.3 is 0 Å². The van der Waals surface area contributed by atoms with Crippen molar-refractivity contribution in [3.63, 3.8) is 0 Å². The first kappa shape index (κ1) is 10.8. The minimum Gasteiger partial charge on any atom is -0.395 e. The summed E-state index contributed by atoms with van der Waals surface area (Å²) in [5, 5.41) is 10.0. The molecule has 4 heteroatoms. The molecule has 0 bridgehead atoms. The van der Waals surface area contributed by atoms with E-state index in [0.29, 0.717) is 16.5 Å². The van der Waals surface area contributed by atoms with Gasteiger partial charge in [-0.2, -0.15) is 0 Å². The van der Waals surface area contributed by atoms with Crippen molar-refractivity contribution in [3.05, 3.63) is 33.8 Å². The number of hydrogen-bond acceptors (Lipinski definition) is 2. The fraction of sp³-hybridized carbons (Fsp3) is 0.333. The number of rotatable bonds is 3. The Kier molecular flexibility index (Phi) is 4.00. The van der Waals surface area contributed by atoms with Gasteiger partial charge in [-0.1, -0.05) is 23.2 Å². The predicted molar refractivity (Wildman–Crippen MR) is 55.2 cm³/mol. The fourth-order valence-corrected chi connectivity index (χ4v) is 1.44. The van der Waals surface area contributed by atoms with Gasteiger partial charge in [-0.05, 0) is 30.2 Å². The maximum Gasteiger partial charge on any atom is 0.0585 e. The maximum absolute atomic E-state index is 8.76. The third kappa shape index (κ3) is 3.16. The fourth-order valence-electron chi connectivity index (χ4n) is 1.05. The van der Waals surface area contributed by atoms with Crippen LogP contribution in [-0.4, -0.2) is 17.8 Å². The minimum atomic E-state index is -0.282. The summed E-state index contributed by atoms with van der Waals surface area (Å²) in [6.07, 6.45) is 0.538. The van der Waals surface area contributed by atoms with E-state index in [-0.39, 0.29) is 12.6 Å². The molecule has 1 atom stereocenters. The van der Waals surface area contributed by atoms with Crippen LogP contribution in [0.3, 0.4) is 0 Å². The molecule has 0 heterocycles. The summed E-state index contributed by atoms with van der Waals surface area (Å²) in [5.74, 6) is 0. The van der Waals surface area contributed by atoms with Gasteiger partial charge in [0.05, 0.1) is 6.61 Å². The zero-order valence-electron chi connectivity index (χ0n) is 7.00. The van der Waals surface area contributed by atoms with E-state index in [1.807, 2.05) is 0 Å². The van der Waals surface area contributed by atoms with Crippen molar-refractivity contribution in [1.29, 1.82) is 0 Å². The molecule has 2 nitrogen and oxygen atoms in total. The van der Waals surface area contributed by atoms with Gasteiger partial charge in [0.2, 0.25) is 0 Å². The molecule has 0 amide bonds. The van der Waals surface area contributed by atoms with Gasteiger partial charge in [0, 0.05) is 16.1 Å². The minimum absolute atomic E-state index is 0.0527. The van der Waals surface area contributed by atoms with E-state index in [1.165, 1.54) is 0 Å². The molecule has 3 N–H and O–H groups in total. The third-order valence-corrected chi connectivity index (χ3v) is 2.33. The molecule has 72 valence electrons. The van der Waals surface area contributed by atoms with Crippen LogP contribution in [0.5, 0.6) is 0 Å². The molecule has 1 rings (SSSR count). The number of aliphatic hydroxyl groups excluding tert-OH is 1. The lowest BCUT2D eigenvalue weighted by molar-refractivity contribution is 0.265. The first-order valence-electron chi connectivity index (χ1n) is 3.94. The Hall–Kier alpha value is -0.280. The molecule has 0 aliphatic rings. The largest absolute Gasteiger partial charge is 0.395 e. The summed E-state index contributed by atoms with van der Waals surface area (Å²) >= 11 is 11.7. The average Bonchev–Trinajstić information content (AvgIpc) is 2.11. The highest BCUT2D eigenvalue weighted by Crippen LogP contribution is 2.21. The van der Waals surface area contributed by atoms with Gasteiger partial charge in [0.1, 0.15) is 0 Å². The number of hydrogen-bond donors (Lipinski definition) is 2. The quantitative estimate of drug-likeness (QED) is 0.816. The number of benzene rings is 1. The lowest BCUT2D eigenvalue weighted by Crippen LogP contribution is -2.26. The standard InChI is InChI=1S/C9H11Cl2NO/c10-7-1-2-9(11)6(3-7)4-8(12)5-13/h1-3,8,13H,4-5,12H2/t8-/m1/s1. The summed E-state index contributed by atoms with van der Waals surface area (Å²) in [7, 11) is 0. The highest BCUT2D eigenvalue weighted by atomic mass is 35.5. The Labute approximate surface area is 87.3 Å². The Bertz CT molecular complexity index is 291. The molecule has 0 aliphatic heterocycles. The van der Waals surface area contributed by atoms with Gasteiger partial charge < -0.3 is 10.8 Å². The van der Waals surface area contributed by atoms with E-state index in [1.54, 1.807) is 18.2 Å². The van der Waals surface area contributed by atoms with Crippen molar-refractivity contribution in [3.8, 4) is 0 Å². The van der Waals surface area contributed by atoms with E-state index in [9.17, 15) is 0 Å². The highest BCUT2D eigenvalue weighted by Gasteiger charge is 2.06. The lowest BCUT2D eigenvalue weighted by atomic mass is 10.1. The van der Waals surface area contributed by atoms with Gasteiger partial charge in [-0.3, -0.25) is 0 Å². The van der Waals surface area contributed by atoms with Crippen LogP contribution in [0.25, 0.3) is 0 Å². The van der Waals surface area contributed by atoms with Gasteiger partial charge in [-0.15, -0.1) is 0 Å². The molecule has 0 aliphatic carbocycles. The van der Waals surface area contributed by atoms with Gasteiger partial charge in [0.25, 0.3) is 0 Å². The van der Waals surface area contributed by atoms with Gasteiger partial charge in [0.15, 0.2) is 0 Å². The number of halogens is 2. The summed E-state index contributed by atoms with van der Waals surface area (Å²) in [6, 6.07) is 4.93. The van der Waals surface area contributed by atoms with Crippen molar-refractivity contribution in [2.45, 2.75) is 12.5 Å². The molecule has 0 radical (unpaired) electrons. The first-order valence-corrected chi connectivity index (χ1v) is 4.69. The number of aliphatic hydroxyl groups is 1. The highest BCUT2D eigenvalue weighted by molar-refractivity contribution is 6.33. The van der Waals surface area contributed by atoms with Crippen LogP contribution in [0.4, 0.5) is 0 Å². The summed E-state index contributed by atoms with van der Waals surface area (Å²) in [6.45, 7) is -0.0527. The maximum atomic E-state index is 8.76. The molecule has 0 saturated carbocycles. The molecular formula is C9H11Cl2NO. The molecule has 0 spiro atoms. The van der Waals surface area contributed by atoms with E-state index in [2.05, 4.69) is 0 Å². The molecule has 0 fully saturated rings. The van der Waals surface area contributed by atoms with Crippen LogP contribution in [0.15, 0.2) is 18.2 Å². The molecule has 0 unspecified atom stereocenters. The van der Waals surface area contributed by atoms with Crippen molar-refractivity contribution < 1.29 is 5.11 Å². The van der Waals surface area contributed by atoms with Crippen LogP contribution in [0.1, 0.15) is 5.56 Å². The van der Waals surface area contributed by atoms with Gasteiger partial charge in [-0.25, -0.2) is 0 Å². The van der Waals surface area contributed by atoms with Crippen LogP contribution >= 0.6 is 23.2 Å². The van der Waals surface area contributed by atoms with Crippen molar-refractivity contribution in [2.24, 2.45) is 5.73 Å². The number of nitrogens with two attached hydrogens (primary N) is 1. The van der Waals surface area contributed by atoms with Crippen molar-refractivity contribution >= 4 is 23.2 Å². The van der Waals surface area contributed by atoms with E-state index in [0.717, 1.165) is 5.56 Å². The monoisotopic (exact) mass is 219 g/mol. The molecule has 1 aromatic rings. The van der Waals surface area contributed by atoms with Crippen LogP contribution in [0, 0.1) is 0 Å². The second kappa shape index (κ2) is 4.82. The van der Waals surface area contributed by atoms with Crippen molar-refractivity contribution in [1.82, 2.24) is 0 Å². The van der Waals surface area contributed by atoms with Crippen molar-refractivity contribution in [2.75, 3.05) is 6.61 Å². The Morgan fingerprint density at radius 2 is 2.08 bits per heavy atom. The van der Waals surface area contributed by atoms with Crippen LogP contribution < -0.4 is 5.73 Å². The van der Waals surface area contributed by atoms with Crippen LogP contribution in [-0.2, 0) is 6.42 Å².